The number of hydrogen-bond donors (Lipinski definition) is 1. The van der Waals surface area contributed by atoms with Crippen LogP contribution in [0.5, 0.6) is 5.75 Å². The molecule has 2 aromatic carbocycles. The smallest absolute Gasteiger partial charge is 0.290 e. The van der Waals surface area contributed by atoms with Crippen molar-refractivity contribution in [3.8, 4) is 5.75 Å². The van der Waals surface area contributed by atoms with E-state index in [0.29, 0.717) is 41.9 Å². The monoisotopic (exact) mass is 405 g/mol. The molecule has 2 heterocycles. The molecular formula is C24H23NO5. The molecule has 6 heteroatoms. The Balaban J connectivity index is 1.91. The lowest BCUT2D eigenvalue weighted by atomic mass is 9.98. The lowest BCUT2D eigenvalue weighted by molar-refractivity contribution is 0.0716. The first kappa shape index (κ1) is 19.9. The first-order valence-electron chi connectivity index (χ1n) is 9.88. The Kier molecular flexibility index (Phi) is 5.42. The van der Waals surface area contributed by atoms with Gasteiger partial charge in [-0.25, -0.2) is 0 Å². The fraction of sp³-hybridized carbons (Fsp3) is 0.250. The normalized spacial score (nSPS) is 15.5. The highest BCUT2D eigenvalue weighted by atomic mass is 16.5. The van der Waals surface area contributed by atoms with Gasteiger partial charge in [-0.1, -0.05) is 36.4 Å². The molecule has 1 amide bonds. The average molecular weight is 405 g/mol. The zero-order valence-electron chi connectivity index (χ0n) is 16.8. The van der Waals surface area contributed by atoms with Crippen molar-refractivity contribution in [2.75, 3.05) is 19.8 Å². The highest BCUT2D eigenvalue weighted by Gasteiger charge is 2.42. The van der Waals surface area contributed by atoms with Crippen LogP contribution in [0.15, 0.2) is 64.3 Å². The second-order valence-corrected chi connectivity index (χ2v) is 7.32. The molecule has 154 valence electrons. The lowest BCUT2D eigenvalue weighted by Gasteiger charge is -2.25. The maximum atomic E-state index is 13.4. The summed E-state index contributed by atoms with van der Waals surface area (Å²) in [4.78, 5) is 28.2. The number of aliphatic hydroxyl groups is 1. The van der Waals surface area contributed by atoms with Crippen LogP contribution < -0.4 is 10.2 Å². The fourth-order valence-electron chi connectivity index (χ4n) is 3.88. The van der Waals surface area contributed by atoms with Gasteiger partial charge in [-0.3, -0.25) is 9.59 Å². The molecule has 0 spiro atoms. The minimum absolute atomic E-state index is 0.0577. The van der Waals surface area contributed by atoms with Crippen LogP contribution in [-0.4, -0.2) is 35.7 Å². The Morgan fingerprint density at radius 3 is 2.83 bits per heavy atom. The van der Waals surface area contributed by atoms with E-state index >= 15 is 0 Å². The molecule has 1 aromatic heterocycles. The molecule has 4 rings (SSSR count). The van der Waals surface area contributed by atoms with Gasteiger partial charge in [0.1, 0.15) is 17.9 Å². The Hall–Kier alpha value is -3.38. The molecule has 1 aliphatic rings. The van der Waals surface area contributed by atoms with E-state index in [4.69, 9.17) is 9.15 Å². The van der Waals surface area contributed by atoms with Gasteiger partial charge in [0, 0.05) is 13.2 Å². The fourth-order valence-corrected chi connectivity index (χ4v) is 3.88. The second kappa shape index (κ2) is 8.16. The van der Waals surface area contributed by atoms with E-state index in [1.165, 1.54) is 0 Å². The zero-order chi connectivity index (χ0) is 21.3. The van der Waals surface area contributed by atoms with Gasteiger partial charge in [0.25, 0.3) is 5.91 Å². The molecule has 6 nitrogen and oxygen atoms in total. The molecule has 30 heavy (non-hydrogen) atoms. The van der Waals surface area contributed by atoms with Crippen molar-refractivity contribution >= 4 is 16.9 Å². The molecular weight excluding hydrogens is 382 g/mol. The number of hydrogen-bond acceptors (Lipinski definition) is 5. The summed E-state index contributed by atoms with van der Waals surface area (Å²) in [7, 11) is 0. The maximum Gasteiger partial charge on any atom is 0.290 e. The minimum atomic E-state index is -0.604. The van der Waals surface area contributed by atoms with Crippen molar-refractivity contribution < 1.29 is 19.1 Å². The van der Waals surface area contributed by atoms with Crippen molar-refractivity contribution in [1.82, 2.24) is 4.90 Å². The van der Waals surface area contributed by atoms with Crippen molar-refractivity contribution in [1.29, 1.82) is 0 Å². The van der Waals surface area contributed by atoms with E-state index in [1.54, 1.807) is 23.1 Å². The Labute approximate surface area is 174 Å². The number of fused-ring (bicyclic) bond motifs is 2. The van der Waals surface area contributed by atoms with E-state index in [1.807, 2.05) is 37.3 Å². The summed E-state index contributed by atoms with van der Waals surface area (Å²) in [6, 6.07) is 12.1. The number of benzene rings is 2. The first-order valence-corrected chi connectivity index (χ1v) is 9.88. The Morgan fingerprint density at radius 2 is 2.07 bits per heavy atom. The van der Waals surface area contributed by atoms with E-state index in [9.17, 15) is 14.7 Å². The molecule has 0 saturated carbocycles. The van der Waals surface area contributed by atoms with Crippen LogP contribution in [0.1, 0.15) is 39.7 Å². The third-order valence-electron chi connectivity index (χ3n) is 5.22. The summed E-state index contributed by atoms with van der Waals surface area (Å²) in [5.41, 5.74) is 2.20. The molecule has 0 saturated heterocycles. The summed E-state index contributed by atoms with van der Waals surface area (Å²) in [5.74, 6) is 0.341. The quantitative estimate of drug-likeness (QED) is 0.608. The molecule has 3 aromatic rings. The molecule has 0 fully saturated rings. The van der Waals surface area contributed by atoms with Crippen LogP contribution in [-0.2, 0) is 0 Å². The molecule has 0 bridgehead atoms. The molecule has 0 aliphatic carbocycles. The van der Waals surface area contributed by atoms with Gasteiger partial charge < -0.3 is 19.2 Å². The predicted molar refractivity (Wildman–Crippen MR) is 114 cm³/mol. The summed E-state index contributed by atoms with van der Waals surface area (Å²) >= 11 is 0. The number of nitrogens with zero attached hydrogens (tertiary/aromatic N) is 1. The summed E-state index contributed by atoms with van der Waals surface area (Å²) in [6.45, 7) is 6.15. The average Bonchev–Trinajstić information content (AvgIpc) is 3.03. The van der Waals surface area contributed by atoms with E-state index < -0.39 is 6.04 Å². The second-order valence-electron chi connectivity index (χ2n) is 7.32. The van der Waals surface area contributed by atoms with Crippen LogP contribution in [0.4, 0.5) is 0 Å². The highest BCUT2D eigenvalue weighted by Crippen LogP contribution is 2.39. The maximum absolute atomic E-state index is 13.4. The van der Waals surface area contributed by atoms with Gasteiger partial charge >= 0.3 is 0 Å². The SMILES string of the molecule is C=CCOc1cccc([C@H]2c3c(oc4ccc(C)cc4c3=O)C(=O)N2CCCO)c1. The van der Waals surface area contributed by atoms with Crippen molar-refractivity contribution in [3.63, 3.8) is 0 Å². The Bertz CT molecular complexity index is 1180. The van der Waals surface area contributed by atoms with Crippen LogP contribution in [0.3, 0.4) is 0 Å². The van der Waals surface area contributed by atoms with Gasteiger partial charge in [0.15, 0.2) is 5.43 Å². The number of amides is 1. The van der Waals surface area contributed by atoms with Crippen LogP contribution in [0.2, 0.25) is 0 Å². The predicted octanol–water partition coefficient (Wildman–Crippen LogP) is 3.59. The summed E-state index contributed by atoms with van der Waals surface area (Å²) in [5, 5.41) is 9.77. The summed E-state index contributed by atoms with van der Waals surface area (Å²) < 4.78 is 11.6. The lowest BCUT2D eigenvalue weighted by Crippen LogP contribution is -2.31. The molecule has 0 unspecified atom stereocenters. The minimum Gasteiger partial charge on any atom is -0.490 e. The van der Waals surface area contributed by atoms with Crippen molar-refractivity contribution in [3.05, 3.63) is 87.8 Å². The van der Waals surface area contributed by atoms with Crippen molar-refractivity contribution in [2.45, 2.75) is 19.4 Å². The highest BCUT2D eigenvalue weighted by molar-refractivity contribution is 5.99. The number of rotatable bonds is 7. The molecule has 0 radical (unpaired) electrons. The van der Waals surface area contributed by atoms with E-state index in [2.05, 4.69) is 6.58 Å². The first-order chi connectivity index (χ1) is 14.5. The van der Waals surface area contributed by atoms with Crippen LogP contribution in [0.25, 0.3) is 11.0 Å². The largest absolute Gasteiger partial charge is 0.490 e. The number of carbonyl (C=O) groups is 1. The van der Waals surface area contributed by atoms with Crippen molar-refractivity contribution in [2.24, 2.45) is 0 Å². The van der Waals surface area contributed by atoms with Crippen LogP contribution >= 0.6 is 0 Å². The summed E-state index contributed by atoms with van der Waals surface area (Å²) in [6.07, 6.45) is 2.05. The van der Waals surface area contributed by atoms with E-state index in [0.717, 1.165) is 11.1 Å². The third kappa shape index (κ3) is 3.39. The number of ether oxygens (including phenoxy) is 1. The molecule has 1 N–H and O–H groups in total. The third-order valence-corrected chi connectivity index (χ3v) is 5.22. The zero-order valence-corrected chi connectivity index (χ0v) is 16.8. The van der Waals surface area contributed by atoms with Gasteiger partial charge in [-0.2, -0.15) is 0 Å². The van der Waals surface area contributed by atoms with Crippen LogP contribution in [0, 0.1) is 6.92 Å². The van der Waals surface area contributed by atoms with E-state index in [-0.39, 0.29) is 23.7 Å². The van der Waals surface area contributed by atoms with Gasteiger partial charge in [-0.05, 0) is 43.2 Å². The standard InChI is InChI=1S/C24H23NO5/c1-3-12-29-17-7-4-6-16(14-17)21-20-22(27)18-13-15(2)8-9-19(18)30-23(20)24(28)25(21)10-5-11-26/h3-4,6-9,13-14,21,26H,1,5,10-12H2,2H3/t21-/m0/s1. The van der Waals surface area contributed by atoms with Gasteiger partial charge in [0.05, 0.1) is 17.0 Å². The van der Waals surface area contributed by atoms with Gasteiger partial charge in [0.2, 0.25) is 5.76 Å². The van der Waals surface area contributed by atoms with Gasteiger partial charge in [-0.15, -0.1) is 0 Å². The number of aryl methyl sites for hydroxylation is 1. The Morgan fingerprint density at radius 1 is 1.23 bits per heavy atom. The number of carbonyl (C=O) groups excluding carboxylic acids is 1. The molecule has 1 atom stereocenters. The topological polar surface area (TPSA) is 80.0 Å². The number of aliphatic hydroxyl groups excluding tert-OH is 1. The molecule has 1 aliphatic heterocycles.